The molecule has 0 radical (unpaired) electrons. The minimum absolute atomic E-state index is 0.114. The second-order valence-corrected chi connectivity index (χ2v) is 7.83. The highest BCUT2D eigenvalue weighted by molar-refractivity contribution is 6.46. The number of amides is 1. The Morgan fingerprint density at radius 1 is 1.00 bits per heavy atom. The van der Waals surface area contributed by atoms with Gasteiger partial charge in [-0.05, 0) is 26.3 Å². The normalized spacial score (nSPS) is 18.4. The molecule has 0 aliphatic carbocycles. The van der Waals surface area contributed by atoms with Crippen molar-refractivity contribution in [2.45, 2.75) is 33.2 Å². The predicted octanol–water partition coefficient (Wildman–Crippen LogP) is 2.73. The van der Waals surface area contributed by atoms with Gasteiger partial charge in [0.2, 0.25) is 0 Å². The summed E-state index contributed by atoms with van der Waals surface area (Å²) < 4.78 is 0. The van der Waals surface area contributed by atoms with Crippen molar-refractivity contribution in [3.8, 4) is 0 Å². The van der Waals surface area contributed by atoms with Crippen molar-refractivity contribution in [3.63, 3.8) is 0 Å². The minimum atomic E-state index is -0.614. The number of hydrogen-bond acceptors (Lipinski definition) is 3. The fourth-order valence-corrected chi connectivity index (χ4v) is 4.06. The van der Waals surface area contributed by atoms with Gasteiger partial charge in [0.15, 0.2) is 0 Å². The van der Waals surface area contributed by atoms with E-state index in [4.69, 9.17) is 0 Å². The number of aliphatic hydroxyl groups excluding tert-OH is 1. The number of benzene rings is 2. The van der Waals surface area contributed by atoms with Crippen molar-refractivity contribution in [3.05, 3.63) is 76.9 Å². The Balaban J connectivity index is 2.00. The summed E-state index contributed by atoms with van der Waals surface area (Å²) in [6, 6.07) is 16.2. The number of likely N-dealkylation sites (tertiary alicyclic amines) is 1. The summed E-state index contributed by atoms with van der Waals surface area (Å²) in [7, 11) is 0. The van der Waals surface area contributed by atoms with Crippen LogP contribution in [-0.4, -0.2) is 47.9 Å². The first-order valence-corrected chi connectivity index (χ1v) is 10.7. The van der Waals surface area contributed by atoms with Gasteiger partial charge in [-0.15, -0.1) is 0 Å². The first-order chi connectivity index (χ1) is 14.5. The van der Waals surface area contributed by atoms with E-state index in [2.05, 4.69) is 13.8 Å². The largest absolute Gasteiger partial charge is 0.507 e. The van der Waals surface area contributed by atoms with Gasteiger partial charge >= 0.3 is 0 Å². The second kappa shape index (κ2) is 9.72. The molecule has 1 aliphatic heterocycles. The minimum Gasteiger partial charge on any atom is -0.507 e. The Labute approximate surface area is 178 Å². The van der Waals surface area contributed by atoms with Gasteiger partial charge < -0.3 is 14.9 Å². The van der Waals surface area contributed by atoms with Gasteiger partial charge in [-0.2, -0.15) is 0 Å². The van der Waals surface area contributed by atoms with Crippen molar-refractivity contribution in [1.82, 2.24) is 4.90 Å². The SMILES string of the molecule is CC[NH+](CC)CCCN1C(=O)C(=O)C(=C(O)c2ccccc2)[C@@H]1c1ccc(C)cc1. The number of hydrogen-bond donors (Lipinski definition) is 2. The van der Waals surface area contributed by atoms with Crippen LogP contribution in [-0.2, 0) is 9.59 Å². The topological polar surface area (TPSA) is 62.0 Å². The van der Waals surface area contributed by atoms with Gasteiger partial charge in [-0.3, -0.25) is 9.59 Å². The number of nitrogens with one attached hydrogen (secondary N) is 1. The van der Waals surface area contributed by atoms with Crippen molar-refractivity contribution in [1.29, 1.82) is 0 Å². The number of Topliss-reactive ketones (excluding diaryl/α,β-unsaturated/α-hetero) is 1. The predicted molar refractivity (Wildman–Crippen MR) is 118 cm³/mol. The van der Waals surface area contributed by atoms with E-state index in [-0.39, 0.29) is 11.3 Å². The quantitative estimate of drug-likeness (QED) is 0.402. The molecule has 5 heteroatoms. The maximum Gasteiger partial charge on any atom is 0.295 e. The van der Waals surface area contributed by atoms with Crippen LogP contribution in [0.3, 0.4) is 0 Å². The monoisotopic (exact) mass is 407 g/mol. The third-order valence-corrected chi connectivity index (χ3v) is 5.91. The van der Waals surface area contributed by atoms with Crippen LogP contribution in [0.2, 0.25) is 0 Å². The fourth-order valence-electron chi connectivity index (χ4n) is 4.06. The number of carbonyl (C=O) groups excluding carboxylic acids is 2. The van der Waals surface area contributed by atoms with E-state index in [1.807, 2.05) is 37.3 Å². The van der Waals surface area contributed by atoms with Gasteiger partial charge in [-0.25, -0.2) is 0 Å². The molecular formula is C25H31N2O3+. The number of quaternary nitrogens is 1. The van der Waals surface area contributed by atoms with Crippen LogP contribution in [0.5, 0.6) is 0 Å². The molecule has 1 aliphatic rings. The van der Waals surface area contributed by atoms with Crippen molar-refractivity contribution in [2.75, 3.05) is 26.2 Å². The van der Waals surface area contributed by atoms with Crippen LogP contribution in [0.25, 0.3) is 5.76 Å². The van der Waals surface area contributed by atoms with E-state index in [0.29, 0.717) is 12.1 Å². The maximum absolute atomic E-state index is 13.0. The molecule has 1 saturated heterocycles. The number of ketones is 1. The third kappa shape index (κ3) is 4.46. The molecule has 0 bridgehead atoms. The summed E-state index contributed by atoms with van der Waals surface area (Å²) in [5, 5.41) is 11.0. The number of aliphatic hydroxyl groups is 1. The molecule has 30 heavy (non-hydrogen) atoms. The smallest absolute Gasteiger partial charge is 0.295 e. The molecule has 0 spiro atoms. The number of nitrogens with zero attached hydrogens (tertiary/aromatic N) is 1. The van der Waals surface area contributed by atoms with Crippen molar-refractivity contribution < 1.29 is 19.6 Å². The van der Waals surface area contributed by atoms with E-state index in [1.54, 1.807) is 29.2 Å². The Hall–Kier alpha value is -2.92. The lowest BCUT2D eigenvalue weighted by Crippen LogP contribution is -3.11. The molecule has 158 valence electrons. The summed E-state index contributed by atoms with van der Waals surface area (Å²) in [6.45, 7) is 9.79. The molecule has 3 rings (SSSR count). The second-order valence-electron chi connectivity index (χ2n) is 7.83. The molecule has 0 unspecified atom stereocenters. The molecule has 1 heterocycles. The molecule has 1 amide bonds. The molecule has 0 saturated carbocycles. The third-order valence-electron chi connectivity index (χ3n) is 5.91. The molecular weight excluding hydrogens is 376 g/mol. The number of rotatable bonds is 8. The van der Waals surface area contributed by atoms with Crippen molar-refractivity contribution in [2.24, 2.45) is 0 Å². The highest BCUT2D eigenvalue weighted by atomic mass is 16.3. The molecule has 0 aromatic heterocycles. The van der Waals surface area contributed by atoms with E-state index >= 15 is 0 Å². The van der Waals surface area contributed by atoms with E-state index in [9.17, 15) is 14.7 Å². The highest BCUT2D eigenvalue weighted by Gasteiger charge is 2.45. The Morgan fingerprint density at radius 3 is 2.23 bits per heavy atom. The van der Waals surface area contributed by atoms with E-state index in [0.717, 1.165) is 37.2 Å². The number of aryl methyl sites for hydroxylation is 1. The summed E-state index contributed by atoms with van der Waals surface area (Å²) in [4.78, 5) is 29.0. The van der Waals surface area contributed by atoms with Crippen LogP contribution in [0.1, 0.15) is 43.0 Å². The van der Waals surface area contributed by atoms with Gasteiger partial charge in [0, 0.05) is 18.5 Å². The van der Waals surface area contributed by atoms with Crippen LogP contribution in [0, 0.1) is 6.92 Å². The lowest BCUT2D eigenvalue weighted by atomic mass is 9.94. The first kappa shape index (κ1) is 21.8. The van der Waals surface area contributed by atoms with Gasteiger partial charge in [0.25, 0.3) is 11.7 Å². The standard InChI is InChI=1S/C25H30N2O3/c1-4-26(5-2)16-9-17-27-22(19-14-12-18(3)13-15-19)21(24(29)25(27)30)23(28)20-10-7-6-8-11-20/h6-8,10-15,22,28H,4-5,9,16-17H2,1-3H3/p+1/t22-/m0/s1. The molecule has 5 nitrogen and oxygen atoms in total. The Bertz CT molecular complexity index is 915. The summed E-state index contributed by atoms with van der Waals surface area (Å²) in [5.74, 6) is -1.26. The zero-order valence-electron chi connectivity index (χ0n) is 18.0. The van der Waals surface area contributed by atoms with Crippen LogP contribution in [0.4, 0.5) is 0 Å². The zero-order valence-corrected chi connectivity index (χ0v) is 18.0. The van der Waals surface area contributed by atoms with E-state index in [1.165, 1.54) is 4.90 Å². The Kier molecular flexibility index (Phi) is 7.06. The van der Waals surface area contributed by atoms with Gasteiger partial charge in [-0.1, -0.05) is 60.2 Å². The summed E-state index contributed by atoms with van der Waals surface area (Å²) in [5.41, 5.74) is 2.65. The average molecular weight is 408 g/mol. The van der Waals surface area contributed by atoms with Crippen LogP contribution in [0.15, 0.2) is 60.2 Å². The van der Waals surface area contributed by atoms with E-state index < -0.39 is 17.7 Å². The summed E-state index contributed by atoms with van der Waals surface area (Å²) >= 11 is 0. The Morgan fingerprint density at radius 2 is 1.63 bits per heavy atom. The lowest BCUT2D eigenvalue weighted by molar-refractivity contribution is -0.896. The molecule has 2 N–H and O–H groups in total. The van der Waals surface area contributed by atoms with Crippen LogP contribution < -0.4 is 4.90 Å². The van der Waals surface area contributed by atoms with Gasteiger partial charge in [0.05, 0.1) is 31.2 Å². The zero-order chi connectivity index (χ0) is 21.7. The fraction of sp³-hybridized carbons (Fsp3) is 0.360. The van der Waals surface area contributed by atoms with Crippen LogP contribution >= 0.6 is 0 Å². The molecule has 2 aromatic carbocycles. The molecule has 1 fully saturated rings. The molecule has 2 aromatic rings. The summed E-state index contributed by atoms with van der Waals surface area (Å²) in [6.07, 6.45) is 0.803. The van der Waals surface area contributed by atoms with Gasteiger partial charge in [0.1, 0.15) is 5.76 Å². The highest BCUT2D eigenvalue weighted by Crippen LogP contribution is 2.39. The average Bonchev–Trinajstić information content (AvgIpc) is 3.02. The lowest BCUT2D eigenvalue weighted by Gasteiger charge is -2.26. The van der Waals surface area contributed by atoms with Crippen molar-refractivity contribution >= 4 is 17.4 Å². The number of carbonyl (C=O) groups is 2. The molecule has 1 atom stereocenters. The maximum atomic E-state index is 13.0. The first-order valence-electron chi connectivity index (χ1n) is 10.7.